The van der Waals surface area contributed by atoms with Crippen LogP contribution < -0.4 is 5.32 Å². The maximum Gasteiger partial charge on any atom is 0.0468 e. The second kappa shape index (κ2) is 7.38. The van der Waals surface area contributed by atoms with E-state index in [-0.39, 0.29) is 0 Å². The molecule has 2 aliphatic rings. The van der Waals surface area contributed by atoms with Crippen molar-refractivity contribution in [3.63, 3.8) is 0 Å². The van der Waals surface area contributed by atoms with Crippen molar-refractivity contribution in [2.45, 2.75) is 64.3 Å². The Kier molecular flexibility index (Phi) is 5.79. The summed E-state index contributed by atoms with van der Waals surface area (Å²) < 4.78 is 5.40. The van der Waals surface area contributed by atoms with Gasteiger partial charge in [0.2, 0.25) is 0 Å². The minimum Gasteiger partial charge on any atom is -0.381 e. The summed E-state index contributed by atoms with van der Waals surface area (Å²) in [6.07, 6.45) is 11.1. The Morgan fingerprint density at radius 3 is 2.59 bits per heavy atom. The number of rotatable bonds is 8. The average molecular weight is 239 g/mol. The fourth-order valence-electron chi connectivity index (χ4n) is 2.72. The molecule has 100 valence electrons. The van der Waals surface area contributed by atoms with E-state index in [0.717, 1.165) is 31.1 Å². The van der Waals surface area contributed by atoms with Gasteiger partial charge in [-0.2, -0.15) is 0 Å². The second-order valence-corrected chi connectivity index (χ2v) is 6.13. The van der Waals surface area contributed by atoms with Gasteiger partial charge in [-0.1, -0.05) is 26.2 Å². The van der Waals surface area contributed by atoms with Crippen LogP contribution in [0.2, 0.25) is 0 Å². The normalized spacial score (nSPS) is 23.8. The van der Waals surface area contributed by atoms with Crippen LogP contribution >= 0.6 is 0 Å². The molecule has 1 saturated heterocycles. The zero-order chi connectivity index (χ0) is 11.9. The highest BCUT2D eigenvalue weighted by Crippen LogP contribution is 2.22. The summed E-state index contributed by atoms with van der Waals surface area (Å²) in [6, 6.07) is 0.875. The van der Waals surface area contributed by atoms with Gasteiger partial charge in [-0.3, -0.25) is 0 Å². The topological polar surface area (TPSA) is 21.3 Å². The lowest BCUT2D eigenvalue weighted by molar-refractivity contribution is 0.0630. The molecule has 0 amide bonds. The van der Waals surface area contributed by atoms with Crippen molar-refractivity contribution < 1.29 is 4.74 Å². The van der Waals surface area contributed by atoms with Gasteiger partial charge in [0.1, 0.15) is 0 Å². The summed E-state index contributed by atoms with van der Waals surface area (Å²) in [4.78, 5) is 0. The molecule has 2 rings (SSSR count). The maximum atomic E-state index is 5.40. The van der Waals surface area contributed by atoms with Crippen LogP contribution in [0.5, 0.6) is 0 Å². The monoisotopic (exact) mass is 239 g/mol. The third-order valence-corrected chi connectivity index (χ3v) is 4.23. The summed E-state index contributed by atoms with van der Waals surface area (Å²) in [7, 11) is 0. The zero-order valence-electron chi connectivity index (χ0n) is 11.4. The molecule has 0 aromatic heterocycles. The Labute approximate surface area is 107 Å². The van der Waals surface area contributed by atoms with Crippen molar-refractivity contribution >= 4 is 0 Å². The molecule has 1 unspecified atom stereocenters. The molecule has 1 aliphatic carbocycles. The van der Waals surface area contributed by atoms with E-state index in [1.807, 2.05) is 0 Å². The van der Waals surface area contributed by atoms with Crippen molar-refractivity contribution in [1.29, 1.82) is 0 Å². The molecule has 1 N–H and O–H groups in total. The summed E-state index contributed by atoms with van der Waals surface area (Å²) in [6.45, 7) is 5.64. The van der Waals surface area contributed by atoms with Gasteiger partial charge >= 0.3 is 0 Å². The van der Waals surface area contributed by atoms with Gasteiger partial charge < -0.3 is 10.1 Å². The lowest BCUT2D eigenvalue weighted by Crippen LogP contribution is -2.23. The molecule has 1 atom stereocenters. The first-order chi connectivity index (χ1) is 8.34. The molecule has 0 spiro atoms. The zero-order valence-corrected chi connectivity index (χ0v) is 11.4. The molecule has 1 saturated carbocycles. The van der Waals surface area contributed by atoms with Crippen LogP contribution in [0.15, 0.2) is 0 Å². The van der Waals surface area contributed by atoms with Crippen LogP contribution in [-0.4, -0.2) is 25.8 Å². The highest BCUT2D eigenvalue weighted by molar-refractivity contribution is 4.81. The lowest BCUT2D eigenvalue weighted by atomic mass is 9.92. The Morgan fingerprint density at radius 1 is 1.12 bits per heavy atom. The molecule has 0 aromatic carbocycles. The predicted octanol–water partition coefficient (Wildman–Crippen LogP) is 3.36. The highest BCUT2D eigenvalue weighted by Gasteiger charge is 2.20. The minimum atomic E-state index is 0.866. The van der Waals surface area contributed by atoms with Crippen LogP contribution in [0.3, 0.4) is 0 Å². The first kappa shape index (κ1) is 13.4. The molecule has 2 heteroatoms. The van der Waals surface area contributed by atoms with Gasteiger partial charge in [0, 0.05) is 19.3 Å². The van der Waals surface area contributed by atoms with Crippen LogP contribution in [0.4, 0.5) is 0 Å². The van der Waals surface area contributed by atoms with E-state index in [9.17, 15) is 0 Å². The third-order valence-electron chi connectivity index (χ3n) is 4.23. The number of hydrogen-bond acceptors (Lipinski definition) is 2. The fraction of sp³-hybridized carbons (Fsp3) is 1.00. The molecular weight excluding hydrogens is 210 g/mol. The molecule has 2 fully saturated rings. The molecule has 0 aromatic rings. The van der Waals surface area contributed by atoms with E-state index in [1.165, 1.54) is 57.9 Å². The molecule has 1 aliphatic heterocycles. The van der Waals surface area contributed by atoms with E-state index >= 15 is 0 Å². The Hall–Kier alpha value is -0.0800. The fourth-order valence-corrected chi connectivity index (χ4v) is 2.72. The number of nitrogens with one attached hydrogen (secondary N) is 1. The number of ether oxygens (including phenoxy) is 1. The van der Waals surface area contributed by atoms with Crippen molar-refractivity contribution in [3.8, 4) is 0 Å². The molecular formula is C15H29NO. The smallest absolute Gasteiger partial charge is 0.0468 e. The summed E-state index contributed by atoms with van der Waals surface area (Å²) in [5.41, 5.74) is 0. The van der Waals surface area contributed by atoms with Crippen LogP contribution in [0.25, 0.3) is 0 Å². The van der Waals surface area contributed by atoms with Crippen molar-refractivity contribution in [1.82, 2.24) is 5.32 Å². The Morgan fingerprint density at radius 2 is 1.88 bits per heavy atom. The summed E-state index contributed by atoms with van der Waals surface area (Å²) in [5.74, 6) is 1.83. The van der Waals surface area contributed by atoms with E-state index in [4.69, 9.17) is 4.74 Å². The van der Waals surface area contributed by atoms with Crippen LogP contribution in [0, 0.1) is 11.8 Å². The van der Waals surface area contributed by atoms with Gasteiger partial charge in [-0.15, -0.1) is 0 Å². The molecule has 2 nitrogen and oxygen atoms in total. The van der Waals surface area contributed by atoms with Gasteiger partial charge in [0.25, 0.3) is 0 Å². The standard InChI is InChI=1S/C15H29NO/c1-13(12-16-15-6-7-15)4-2-3-5-14-8-10-17-11-9-14/h13-16H,2-12H2,1H3. The van der Waals surface area contributed by atoms with Gasteiger partial charge in [-0.05, 0) is 50.5 Å². The largest absolute Gasteiger partial charge is 0.381 e. The van der Waals surface area contributed by atoms with E-state index in [0.29, 0.717) is 0 Å². The lowest BCUT2D eigenvalue weighted by Gasteiger charge is -2.22. The summed E-state index contributed by atoms with van der Waals surface area (Å²) >= 11 is 0. The van der Waals surface area contributed by atoms with Crippen molar-refractivity contribution in [3.05, 3.63) is 0 Å². The first-order valence-corrected chi connectivity index (χ1v) is 7.65. The third kappa shape index (κ3) is 5.87. The Balaban J connectivity index is 1.41. The highest BCUT2D eigenvalue weighted by atomic mass is 16.5. The second-order valence-electron chi connectivity index (χ2n) is 6.13. The van der Waals surface area contributed by atoms with E-state index < -0.39 is 0 Å². The molecule has 1 heterocycles. The van der Waals surface area contributed by atoms with Crippen LogP contribution in [0.1, 0.15) is 58.3 Å². The van der Waals surface area contributed by atoms with Gasteiger partial charge in [-0.25, -0.2) is 0 Å². The van der Waals surface area contributed by atoms with Crippen LogP contribution in [-0.2, 0) is 4.74 Å². The van der Waals surface area contributed by atoms with Gasteiger partial charge in [0.05, 0.1) is 0 Å². The minimum absolute atomic E-state index is 0.866. The number of hydrogen-bond donors (Lipinski definition) is 1. The summed E-state index contributed by atoms with van der Waals surface area (Å²) in [5, 5.41) is 3.63. The van der Waals surface area contributed by atoms with Crippen molar-refractivity contribution in [2.75, 3.05) is 19.8 Å². The predicted molar refractivity (Wildman–Crippen MR) is 72.2 cm³/mol. The van der Waals surface area contributed by atoms with E-state index in [1.54, 1.807) is 0 Å². The maximum absolute atomic E-state index is 5.40. The average Bonchev–Trinajstić information content (AvgIpc) is 3.17. The first-order valence-electron chi connectivity index (χ1n) is 7.65. The Bertz CT molecular complexity index is 197. The number of unbranched alkanes of at least 4 members (excludes halogenated alkanes) is 1. The molecule has 0 bridgehead atoms. The SMILES string of the molecule is CC(CCCCC1CCOCC1)CNC1CC1. The molecule has 17 heavy (non-hydrogen) atoms. The van der Waals surface area contributed by atoms with E-state index in [2.05, 4.69) is 12.2 Å². The molecule has 0 radical (unpaired) electrons. The van der Waals surface area contributed by atoms with Gasteiger partial charge in [0.15, 0.2) is 0 Å². The van der Waals surface area contributed by atoms with Crippen molar-refractivity contribution in [2.24, 2.45) is 11.8 Å². The quantitative estimate of drug-likeness (QED) is 0.656.